The number of amides is 1. The minimum atomic E-state index is -0.284. The third kappa shape index (κ3) is 4.05. The Morgan fingerprint density at radius 2 is 2.07 bits per heavy atom. The zero-order valence-corrected chi connectivity index (χ0v) is 16.7. The van der Waals surface area contributed by atoms with Gasteiger partial charge in [0.05, 0.1) is 11.8 Å². The number of nitrogens with one attached hydrogen (secondary N) is 2. The van der Waals surface area contributed by atoms with Crippen molar-refractivity contribution < 1.29 is 9.53 Å². The normalized spacial score (nSPS) is 10.9. The molecule has 0 saturated heterocycles. The summed E-state index contributed by atoms with van der Waals surface area (Å²) < 4.78 is 5.88. The second kappa shape index (κ2) is 8.16. The maximum Gasteiger partial charge on any atom is 0.247 e. The number of rotatable bonds is 6. The van der Waals surface area contributed by atoms with Gasteiger partial charge in [-0.05, 0) is 49.8 Å². The van der Waals surface area contributed by atoms with Gasteiger partial charge in [0, 0.05) is 46.9 Å². The fourth-order valence-electron chi connectivity index (χ4n) is 3.19. The summed E-state index contributed by atoms with van der Waals surface area (Å²) in [6.07, 6.45) is 8.13. The predicted molar refractivity (Wildman–Crippen MR) is 117 cm³/mol. The van der Waals surface area contributed by atoms with E-state index in [0.717, 1.165) is 33.4 Å². The van der Waals surface area contributed by atoms with Crippen molar-refractivity contribution >= 4 is 22.6 Å². The Morgan fingerprint density at radius 1 is 1.20 bits per heavy atom. The fraction of sp³-hybridized carbons (Fsp3) is 0.130. The first-order chi connectivity index (χ1) is 14.5. The lowest BCUT2D eigenvalue weighted by molar-refractivity contribution is -0.111. The molecule has 0 unspecified atom stereocenters. The van der Waals surface area contributed by atoms with Gasteiger partial charge in [0.15, 0.2) is 0 Å². The van der Waals surface area contributed by atoms with Gasteiger partial charge in [-0.3, -0.25) is 4.79 Å². The highest BCUT2D eigenvalue weighted by molar-refractivity contribution is 6.00. The Labute approximate surface area is 173 Å². The van der Waals surface area contributed by atoms with E-state index in [4.69, 9.17) is 4.74 Å². The molecule has 0 atom stereocenters. The van der Waals surface area contributed by atoms with Crippen LogP contribution in [0, 0.1) is 0 Å². The third-order valence-electron chi connectivity index (χ3n) is 4.45. The molecule has 150 valence electrons. The lowest BCUT2D eigenvalue weighted by Gasteiger charge is -2.14. The first-order valence-electron chi connectivity index (χ1n) is 9.52. The van der Waals surface area contributed by atoms with E-state index in [2.05, 4.69) is 31.8 Å². The average molecular weight is 399 g/mol. The standard InChI is InChI=1S/C23H21N5O2/c1-4-22(29)28-17-7-15(8-18(10-17)30-14(2)3)16-9-19-20(12-26-23(19)25-11-16)21-5-6-24-13-27-21/h4-14H,1H2,2-3H3,(H,25,26)(H,28,29). The van der Waals surface area contributed by atoms with Crippen LogP contribution in [0.15, 0.2) is 67.9 Å². The molecule has 30 heavy (non-hydrogen) atoms. The summed E-state index contributed by atoms with van der Waals surface area (Å²) in [5.74, 6) is 0.375. The monoisotopic (exact) mass is 399 g/mol. The lowest BCUT2D eigenvalue weighted by Crippen LogP contribution is -2.09. The molecule has 1 amide bonds. The minimum Gasteiger partial charge on any atom is -0.491 e. The summed E-state index contributed by atoms with van der Waals surface area (Å²) in [6.45, 7) is 7.42. The maximum absolute atomic E-state index is 11.8. The van der Waals surface area contributed by atoms with E-state index in [-0.39, 0.29) is 12.0 Å². The number of anilines is 1. The first-order valence-corrected chi connectivity index (χ1v) is 9.52. The van der Waals surface area contributed by atoms with Gasteiger partial charge in [-0.2, -0.15) is 0 Å². The molecular formula is C23H21N5O2. The molecule has 0 radical (unpaired) electrons. The molecule has 0 aliphatic carbocycles. The number of ether oxygens (including phenoxy) is 1. The van der Waals surface area contributed by atoms with E-state index in [1.165, 1.54) is 12.4 Å². The van der Waals surface area contributed by atoms with Crippen LogP contribution in [0.5, 0.6) is 5.75 Å². The smallest absolute Gasteiger partial charge is 0.247 e. The maximum atomic E-state index is 11.8. The molecule has 4 aromatic rings. The van der Waals surface area contributed by atoms with E-state index in [9.17, 15) is 4.79 Å². The molecular weight excluding hydrogens is 378 g/mol. The van der Waals surface area contributed by atoms with E-state index in [1.54, 1.807) is 18.5 Å². The Hall–Kier alpha value is -4.00. The van der Waals surface area contributed by atoms with Crippen LogP contribution in [-0.2, 0) is 4.79 Å². The number of pyridine rings is 1. The second-order valence-electron chi connectivity index (χ2n) is 7.02. The van der Waals surface area contributed by atoms with Crippen LogP contribution < -0.4 is 10.1 Å². The molecule has 0 aliphatic heterocycles. The van der Waals surface area contributed by atoms with Gasteiger partial charge in [-0.25, -0.2) is 15.0 Å². The number of H-pyrrole nitrogens is 1. The minimum absolute atomic E-state index is 0.00199. The summed E-state index contributed by atoms with van der Waals surface area (Å²) in [6, 6.07) is 9.51. The van der Waals surface area contributed by atoms with Gasteiger partial charge in [0.1, 0.15) is 17.7 Å². The van der Waals surface area contributed by atoms with Gasteiger partial charge < -0.3 is 15.0 Å². The van der Waals surface area contributed by atoms with Gasteiger partial charge >= 0.3 is 0 Å². The zero-order chi connectivity index (χ0) is 21.1. The number of carbonyl (C=O) groups excluding carboxylic acids is 1. The van der Waals surface area contributed by atoms with Crippen molar-refractivity contribution in [3.8, 4) is 28.1 Å². The number of nitrogens with zero attached hydrogens (tertiary/aromatic N) is 3. The van der Waals surface area contributed by atoms with Crippen molar-refractivity contribution in [2.45, 2.75) is 20.0 Å². The van der Waals surface area contributed by atoms with Crippen LogP contribution in [0.25, 0.3) is 33.4 Å². The van der Waals surface area contributed by atoms with Gasteiger partial charge in [-0.1, -0.05) is 6.58 Å². The summed E-state index contributed by atoms with van der Waals surface area (Å²) in [7, 11) is 0. The average Bonchev–Trinajstić information content (AvgIpc) is 3.17. The molecule has 7 heteroatoms. The van der Waals surface area contributed by atoms with Crippen LogP contribution in [0.1, 0.15) is 13.8 Å². The van der Waals surface area contributed by atoms with Crippen molar-refractivity contribution in [1.29, 1.82) is 0 Å². The van der Waals surface area contributed by atoms with Crippen molar-refractivity contribution in [3.63, 3.8) is 0 Å². The van der Waals surface area contributed by atoms with Gasteiger partial charge in [0.25, 0.3) is 0 Å². The van der Waals surface area contributed by atoms with Gasteiger partial charge in [0.2, 0.25) is 5.91 Å². The van der Waals surface area contributed by atoms with Crippen LogP contribution in [0.3, 0.4) is 0 Å². The Kier molecular flexibility index (Phi) is 5.26. The second-order valence-corrected chi connectivity index (χ2v) is 7.02. The van der Waals surface area contributed by atoms with Gasteiger partial charge in [-0.15, -0.1) is 0 Å². The topological polar surface area (TPSA) is 92.8 Å². The Balaban J connectivity index is 1.81. The number of benzene rings is 1. The summed E-state index contributed by atoms with van der Waals surface area (Å²) in [5.41, 5.74) is 4.90. The quantitative estimate of drug-likeness (QED) is 0.462. The third-order valence-corrected chi connectivity index (χ3v) is 4.45. The van der Waals surface area contributed by atoms with Crippen LogP contribution in [0.4, 0.5) is 5.69 Å². The summed E-state index contributed by atoms with van der Waals surface area (Å²) in [4.78, 5) is 27.9. The molecule has 0 fully saturated rings. The van der Waals surface area contributed by atoms with Crippen molar-refractivity contribution in [3.05, 3.63) is 67.9 Å². The molecule has 7 nitrogen and oxygen atoms in total. The highest BCUT2D eigenvalue weighted by atomic mass is 16.5. The SMILES string of the molecule is C=CC(=O)Nc1cc(OC(C)C)cc(-c2cnc3[nH]cc(-c4ccncn4)c3c2)c1. The van der Waals surface area contributed by atoms with E-state index in [0.29, 0.717) is 11.4 Å². The highest BCUT2D eigenvalue weighted by Gasteiger charge is 2.12. The number of hydrogen-bond donors (Lipinski definition) is 2. The first kappa shape index (κ1) is 19.3. The molecule has 1 aromatic carbocycles. The summed E-state index contributed by atoms with van der Waals surface area (Å²) in [5, 5.41) is 3.75. The molecule has 3 aromatic heterocycles. The summed E-state index contributed by atoms with van der Waals surface area (Å²) >= 11 is 0. The number of carbonyl (C=O) groups is 1. The molecule has 0 bridgehead atoms. The largest absolute Gasteiger partial charge is 0.491 e. The van der Waals surface area contributed by atoms with E-state index >= 15 is 0 Å². The molecule has 4 rings (SSSR count). The predicted octanol–water partition coefficient (Wildman–Crippen LogP) is 4.60. The van der Waals surface area contributed by atoms with Crippen LogP contribution in [-0.4, -0.2) is 31.9 Å². The molecule has 0 saturated carbocycles. The molecule has 0 aliphatic rings. The number of aromatic nitrogens is 4. The molecule has 0 spiro atoms. The van der Waals surface area contributed by atoms with Crippen molar-refractivity contribution in [1.82, 2.24) is 19.9 Å². The highest BCUT2D eigenvalue weighted by Crippen LogP contribution is 2.33. The lowest BCUT2D eigenvalue weighted by atomic mass is 10.0. The zero-order valence-electron chi connectivity index (χ0n) is 16.7. The molecule has 3 heterocycles. The number of hydrogen-bond acceptors (Lipinski definition) is 5. The number of fused-ring (bicyclic) bond motifs is 1. The Morgan fingerprint density at radius 3 is 2.80 bits per heavy atom. The van der Waals surface area contributed by atoms with E-state index in [1.807, 2.05) is 44.3 Å². The van der Waals surface area contributed by atoms with Crippen LogP contribution >= 0.6 is 0 Å². The Bertz CT molecular complexity index is 1210. The van der Waals surface area contributed by atoms with E-state index < -0.39 is 0 Å². The molecule has 2 N–H and O–H groups in total. The number of aromatic amines is 1. The van der Waals surface area contributed by atoms with Crippen LogP contribution in [0.2, 0.25) is 0 Å². The fourth-order valence-corrected chi connectivity index (χ4v) is 3.19. The van der Waals surface area contributed by atoms with Crippen molar-refractivity contribution in [2.24, 2.45) is 0 Å². The van der Waals surface area contributed by atoms with Crippen molar-refractivity contribution in [2.75, 3.05) is 5.32 Å².